The number of nitrogens with zero attached hydrogens (tertiary/aromatic N) is 1. The molecule has 17 heavy (non-hydrogen) atoms. The lowest BCUT2D eigenvalue weighted by Crippen LogP contribution is -2.17. The molecule has 0 amide bonds. The lowest BCUT2D eigenvalue weighted by Gasteiger charge is -1.96. The second-order valence-corrected chi connectivity index (χ2v) is 3.37. The van der Waals surface area contributed by atoms with Crippen LogP contribution in [0, 0.1) is 5.92 Å². The molecule has 1 fully saturated rings. The third kappa shape index (κ3) is 4.62. The summed E-state index contributed by atoms with van der Waals surface area (Å²) in [6.07, 6.45) is 1.06. The van der Waals surface area contributed by atoms with Gasteiger partial charge < -0.3 is 15.3 Å². The number of carbonyl (C=O) groups excluding carboxylic acids is 2. The van der Waals surface area contributed by atoms with Crippen LogP contribution < -0.4 is 5.73 Å². The Balaban J connectivity index is 2.32. The number of carbonyl (C=O) groups is 2. The maximum atomic E-state index is 12.5. The zero-order valence-corrected chi connectivity index (χ0v) is 9.26. The Kier molecular flexibility index (Phi) is 4.62. The summed E-state index contributed by atoms with van der Waals surface area (Å²) >= 11 is 0. The molecule has 0 radical (unpaired) electrons. The number of ether oxygens (including phenoxy) is 1. The number of hydrogen-bond donors (Lipinski definition) is 1. The van der Waals surface area contributed by atoms with Crippen LogP contribution in [0.3, 0.4) is 0 Å². The first kappa shape index (κ1) is 13.1. The van der Waals surface area contributed by atoms with Crippen molar-refractivity contribution < 1.29 is 23.6 Å². The standard InChI is InChI=1S/C10H13FN2O4/c1-2-16-8(14)3-4-9(15)17-13-10(12)6-5-7(6)11/h3-4,6-7H,2,5H2,1H3,(H2,12,13)/b4-3+/t6-,7-/m1/s1. The highest BCUT2D eigenvalue weighted by molar-refractivity contribution is 5.92. The zero-order valence-electron chi connectivity index (χ0n) is 9.26. The van der Waals surface area contributed by atoms with Gasteiger partial charge in [-0.05, 0) is 13.3 Å². The number of rotatable bonds is 5. The summed E-state index contributed by atoms with van der Waals surface area (Å²) in [5.74, 6) is -2.06. The van der Waals surface area contributed by atoms with E-state index in [4.69, 9.17) is 5.73 Å². The van der Waals surface area contributed by atoms with Crippen LogP contribution in [0.25, 0.3) is 0 Å². The fourth-order valence-corrected chi connectivity index (χ4v) is 0.992. The highest BCUT2D eigenvalue weighted by atomic mass is 19.1. The Morgan fingerprint density at radius 1 is 1.47 bits per heavy atom. The van der Waals surface area contributed by atoms with Gasteiger partial charge in [0, 0.05) is 12.2 Å². The summed E-state index contributed by atoms with van der Waals surface area (Å²) in [6.45, 7) is 1.85. The topological polar surface area (TPSA) is 91.0 Å². The molecule has 0 aromatic rings. The van der Waals surface area contributed by atoms with E-state index >= 15 is 0 Å². The van der Waals surface area contributed by atoms with E-state index in [0.29, 0.717) is 6.42 Å². The van der Waals surface area contributed by atoms with E-state index in [1.54, 1.807) is 6.92 Å². The average Bonchev–Trinajstić information content (AvgIpc) is 3.01. The quantitative estimate of drug-likeness (QED) is 0.187. The van der Waals surface area contributed by atoms with Crippen LogP contribution in [0.1, 0.15) is 13.3 Å². The largest absolute Gasteiger partial charge is 0.463 e. The van der Waals surface area contributed by atoms with Crippen LogP contribution in [0.15, 0.2) is 17.3 Å². The summed E-state index contributed by atoms with van der Waals surface area (Å²) in [4.78, 5) is 26.2. The van der Waals surface area contributed by atoms with Gasteiger partial charge in [-0.1, -0.05) is 5.16 Å². The predicted octanol–water partition coefficient (Wildman–Crippen LogP) is 0.279. The second kappa shape index (κ2) is 5.97. The van der Waals surface area contributed by atoms with Gasteiger partial charge in [-0.2, -0.15) is 0 Å². The van der Waals surface area contributed by atoms with Crippen LogP contribution in [0.5, 0.6) is 0 Å². The van der Waals surface area contributed by atoms with Crippen molar-refractivity contribution in [3.8, 4) is 0 Å². The van der Waals surface area contributed by atoms with Crippen LogP contribution in [-0.4, -0.2) is 30.6 Å². The number of alkyl halides is 1. The molecular weight excluding hydrogens is 231 g/mol. The molecule has 0 heterocycles. The molecule has 2 N–H and O–H groups in total. The maximum Gasteiger partial charge on any atom is 0.358 e. The molecule has 7 heteroatoms. The molecule has 1 aliphatic carbocycles. The highest BCUT2D eigenvalue weighted by Gasteiger charge is 2.41. The minimum atomic E-state index is -1.01. The molecule has 0 aliphatic heterocycles. The van der Waals surface area contributed by atoms with Crippen molar-refractivity contribution in [3.05, 3.63) is 12.2 Å². The second-order valence-electron chi connectivity index (χ2n) is 3.37. The molecule has 6 nitrogen and oxygen atoms in total. The van der Waals surface area contributed by atoms with Gasteiger partial charge in [0.05, 0.1) is 12.5 Å². The smallest absolute Gasteiger partial charge is 0.358 e. The predicted molar refractivity (Wildman–Crippen MR) is 56.5 cm³/mol. The molecule has 1 saturated carbocycles. The Morgan fingerprint density at radius 3 is 2.59 bits per heavy atom. The molecule has 94 valence electrons. The number of nitrogens with two attached hydrogens (primary N) is 1. The van der Waals surface area contributed by atoms with Crippen molar-refractivity contribution in [2.24, 2.45) is 16.8 Å². The molecule has 0 unspecified atom stereocenters. The summed E-state index contributed by atoms with van der Waals surface area (Å²) in [6, 6.07) is 0. The van der Waals surface area contributed by atoms with E-state index in [0.717, 1.165) is 12.2 Å². The molecule has 1 aliphatic rings. The number of esters is 1. The van der Waals surface area contributed by atoms with Gasteiger partial charge in [0.25, 0.3) is 0 Å². The fourth-order valence-electron chi connectivity index (χ4n) is 0.992. The highest BCUT2D eigenvalue weighted by Crippen LogP contribution is 2.33. The monoisotopic (exact) mass is 244 g/mol. The normalized spacial score (nSPS) is 23.5. The first-order chi connectivity index (χ1) is 8.04. The van der Waals surface area contributed by atoms with Crippen molar-refractivity contribution >= 4 is 17.8 Å². The molecule has 0 aromatic heterocycles. The number of hydrogen-bond acceptors (Lipinski definition) is 5. The van der Waals surface area contributed by atoms with Crippen molar-refractivity contribution in [2.75, 3.05) is 6.61 Å². The molecule has 0 saturated heterocycles. The van der Waals surface area contributed by atoms with E-state index in [1.165, 1.54) is 0 Å². The summed E-state index contributed by atoms with van der Waals surface area (Å²) in [5.41, 5.74) is 5.34. The zero-order chi connectivity index (χ0) is 12.8. The van der Waals surface area contributed by atoms with Gasteiger partial charge in [-0.15, -0.1) is 0 Å². The van der Waals surface area contributed by atoms with Gasteiger partial charge in [0.15, 0.2) is 0 Å². The van der Waals surface area contributed by atoms with Gasteiger partial charge in [0.2, 0.25) is 0 Å². The average molecular weight is 244 g/mol. The molecule has 0 aromatic carbocycles. The maximum absolute atomic E-state index is 12.5. The minimum Gasteiger partial charge on any atom is -0.463 e. The third-order valence-corrected chi connectivity index (χ3v) is 1.98. The lowest BCUT2D eigenvalue weighted by molar-refractivity contribution is -0.140. The Morgan fingerprint density at radius 2 is 2.06 bits per heavy atom. The first-order valence-corrected chi connectivity index (χ1v) is 5.07. The Bertz CT molecular complexity index is 367. The molecular formula is C10H13FN2O4. The van der Waals surface area contributed by atoms with Crippen molar-refractivity contribution in [2.45, 2.75) is 19.5 Å². The van der Waals surface area contributed by atoms with Crippen LogP contribution in [0.4, 0.5) is 4.39 Å². The van der Waals surface area contributed by atoms with Gasteiger partial charge in [-0.25, -0.2) is 14.0 Å². The third-order valence-electron chi connectivity index (χ3n) is 1.98. The Labute approximate surface area is 97.2 Å². The minimum absolute atomic E-state index is 0.0598. The van der Waals surface area contributed by atoms with E-state index in [-0.39, 0.29) is 12.4 Å². The first-order valence-electron chi connectivity index (χ1n) is 5.07. The fraction of sp³-hybridized carbons (Fsp3) is 0.500. The van der Waals surface area contributed by atoms with Crippen LogP contribution in [-0.2, 0) is 19.2 Å². The lowest BCUT2D eigenvalue weighted by atomic mass is 10.4. The van der Waals surface area contributed by atoms with E-state index < -0.39 is 24.0 Å². The van der Waals surface area contributed by atoms with Crippen LogP contribution >= 0.6 is 0 Å². The van der Waals surface area contributed by atoms with Crippen molar-refractivity contribution in [1.82, 2.24) is 0 Å². The summed E-state index contributed by atoms with van der Waals surface area (Å²) < 4.78 is 17.0. The SMILES string of the molecule is CCOC(=O)/C=C/C(=O)O/N=C(/N)[C@@H]1C[C@H]1F. The summed E-state index contributed by atoms with van der Waals surface area (Å²) in [5, 5.41) is 3.26. The van der Waals surface area contributed by atoms with E-state index in [2.05, 4.69) is 14.7 Å². The molecule has 0 spiro atoms. The molecule has 0 bridgehead atoms. The molecule has 2 atom stereocenters. The van der Waals surface area contributed by atoms with Crippen molar-refractivity contribution in [3.63, 3.8) is 0 Å². The Hall–Kier alpha value is -1.92. The van der Waals surface area contributed by atoms with Crippen LogP contribution in [0.2, 0.25) is 0 Å². The molecule has 1 rings (SSSR count). The van der Waals surface area contributed by atoms with Gasteiger partial charge >= 0.3 is 11.9 Å². The van der Waals surface area contributed by atoms with Gasteiger partial charge in [0.1, 0.15) is 12.0 Å². The van der Waals surface area contributed by atoms with E-state index in [9.17, 15) is 14.0 Å². The number of amidine groups is 1. The van der Waals surface area contributed by atoms with Crippen molar-refractivity contribution in [1.29, 1.82) is 0 Å². The summed E-state index contributed by atoms with van der Waals surface area (Å²) in [7, 11) is 0. The number of oxime groups is 1. The number of halogens is 1. The van der Waals surface area contributed by atoms with E-state index in [1.807, 2.05) is 0 Å². The van der Waals surface area contributed by atoms with Gasteiger partial charge in [-0.3, -0.25) is 0 Å².